The summed E-state index contributed by atoms with van der Waals surface area (Å²) in [4.78, 5) is 28.3. The van der Waals surface area contributed by atoms with E-state index in [0.717, 1.165) is 0 Å². The highest BCUT2D eigenvalue weighted by molar-refractivity contribution is 6.33. The minimum atomic E-state index is -0.484. The number of nitrogens with one attached hydrogen (secondary N) is 1. The van der Waals surface area contributed by atoms with Gasteiger partial charge in [0.15, 0.2) is 0 Å². The summed E-state index contributed by atoms with van der Waals surface area (Å²) in [6.45, 7) is 0.189. The Labute approximate surface area is 108 Å². The average molecular weight is 267 g/mol. The van der Waals surface area contributed by atoms with Crippen molar-refractivity contribution in [1.29, 1.82) is 0 Å². The Hall–Kier alpha value is -2.08. The highest BCUT2D eigenvalue weighted by Gasteiger charge is 2.22. The molecule has 1 aromatic carbocycles. The molecule has 3 N–H and O–H groups in total. The maximum absolute atomic E-state index is 11.9. The lowest BCUT2D eigenvalue weighted by Crippen LogP contribution is -2.28. The topological polar surface area (TPSA) is 87.8 Å². The Morgan fingerprint density at radius 3 is 2.83 bits per heavy atom. The van der Waals surface area contributed by atoms with E-state index in [1.165, 1.54) is 18.2 Å². The average Bonchev–Trinajstić information content (AvgIpc) is 2.61. The first kappa shape index (κ1) is 12.4. The molecule has 0 unspecified atom stereocenters. The molecule has 1 aliphatic heterocycles. The SMILES string of the molecule is CN1CC(=O)NC1=NC(=O)c1ccc(Cl)c(N)c1. The highest BCUT2D eigenvalue weighted by atomic mass is 35.5. The quantitative estimate of drug-likeness (QED) is 0.724. The van der Waals surface area contributed by atoms with Crippen LogP contribution in [0.15, 0.2) is 23.2 Å². The summed E-state index contributed by atoms with van der Waals surface area (Å²) in [5, 5.41) is 2.87. The molecule has 1 fully saturated rings. The lowest BCUT2D eigenvalue weighted by Gasteiger charge is -2.07. The molecule has 1 aromatic rings. The summed E-state index contributed by atoms with van der Waals surface area (Å²) < 4.78 is 0. The molecule has 18 heavy (non-hydrogen) atoms. The molecule has 0 saturated carbocycles. The van der Waals surface area contributed by atoms with E-state index in [9.17, 15) is 9.59 Å². The van der Waals surface area contributed by atoms with Crippen molar-refractivity contribution in [3.05, 3.63) is 28.8 Å². The first-order valence-electron chi connectivity index (χ1n) is 5.16. The molecule has 0 aliphatic carbocycles. The van der Waals surface area contributed by atoms with E-state index in [1.54, 1.807) is 11.9 Å². The van der Waals surface area contributed by atoms with Crippen LogP contribution in [-0.2, 0) is 4.79 Å². The number of carbonyl (C=O) groups is 2. The number of benzene rings is 1. The molecule has 1 saturated heterocycles. The van der Waals surface area contributed by atoms with E-state index >= 15 is 0 Å². The molecular formula is C11H11ClN4O2. The maximum Gasteiger partial charge on any atom is 0.280 e. The highest BCUT2D eigenvalue weighted by Crippen LogP contribution is 2.20. The Kier molecular flexibility index (Phi) is 3.20. The van der Waals surface area contributed by atoms with Gasteiger partial charge < -0.3 is 10.6 Å². The normalized spacial score (nSPS) is 17.1. The van der Waals surface area contributed by atoms with Gasteiger partial charge in [-0.2, -0.15) is 4.99 Å². The van der Waals surface area contributed by atoms with Crippen LogP contribution in [0.25, 0.3) is 0 Å². The van der Waals surface area contributed by atoms with Crippen LogP contribution in [-0.4, -0.2) is 36.3 Å². The molecule has 1 heterocycles. The van der Waals surface area contributed by atoms with Gasteiger partial charge in [0.1, 0.15) is 0 Å². The van der Waals surface area contributed by atoms with Crippen molar-refractivity contribution in [2.75, 3.05) is 19.3 Å². The van der Waals surface area contributed by atoms with Crippen molar-refractivity contribution < 1.29 is 9.59 Å². The second-order valence-corrected chi connectivity index (χ2v) is 4.29. The molecule has 0 spiro atoms. The predicted octanol–water partition coefficient (Wildman–Crippen LogP) is 0.480. The number of nitrogens with zero attached hydrogens (tertiary/aromatic N) is 2. The van der Waals surface area contributed by atoms with Crippen molar-refractivity contribution in [2.45, 2.75) is 0 Å². The van der Waals surface area contributed by atoms with Crippen molar-refractivity contribution in [2.24, 2.45) is 4.99 Å². The van der Waals surface area contributed by atoms with E-state index in [-0.39, 0.29) is 18.4 Å². The number of anilines is 1. The first-order valence-corrected chi connectivity index (χ1v) is 5.54. The molecular weight excluding hydrogens is 256 g/mol. The molecule has 94 valence electrons. The molecule has 7 heteroatoms. The van der Waals surface area contributed by atoms with Crippen LogP contribution >= 0.6 is 11.6 Å². The van der Waals surface area contributed by atoms with Crippen LogP contribution in [0, 0.1) is 0 Å². The van der Waals surface area contributed by atoms with Gasteiger partial charge in [-0.05, 0) is 18.2 Å². The number of guanidine groups is 1. The largest absolute Gasteiger partial charge is 0.398 e. The number of carbonyl (C=O) groups excluding carboxylic acids is 2. The van der Waals surface area contributed by atoms with Gasteiger partial charge in [0.2, 0.25) is 11.9 Å². The zero-order valence-corrected chi connectivity index (χ0v) is 10.4. The molecule has 2 amide bonds. The predicted molar refractivity (Wildman–Crippen MR) is 68.4 cm³/mol. The number of amides is 2. The summed E-state index contributed by atoms with van der Waals surface area (Å²) >= 11 is 5.76. The van der Waals surface area contributed by atoms with E-state index in [4.69, 9.17) is 17.3 Å². The van der Waals surface area contributed by atoms with Crippen molar-refractivity contribution >= 4 is 35.1 Å². The minimum Gasteiger partial charge on any atom is -0.398 e. The van der Waals surface area contributed by atoms with Crippen molar-refractivity contribution in [1.82, 2.24) is 10.2 Å². The van der Waals surface area contributed by atoms with Crippen molar-refractivity contribution in [3.8, 4) is 0 Å². The number of nitrogens with two attached hydrogens (primary N) is 1. The van der Waals surface area contributed by atoms with Gasteiger partial charge in [-0.15, -0.1) is 0 Å². The fraction of sp³-hybridized carbons (Fsp3) is 0.182. The zero-order chi connectivity index (χ0) is 13.3. The Morgan fingerprint density at radius 2 is 2.28 bits per heavy atom. The van der Waals surface area contributed by atoms with E-state index < -0.39 is 5.91 Å². The van der Waals surface area contributed by atoms with Crippen LogP contribution in [0.1, 0.15) is 10.4 Å². The third kappa shape index (κ3) is 2.43. The Bertz CT molecular complexity index is 556. The Balaban J connectivity index is 2.24. The summed E-state index contributed by atoms with van der Waals surface area (Å²) in [5.41, 5.74) is 6.23. The number of hydrogen-bond acceptors (Lipinski definition) is 3. The number of nitrogen functional groups attached to an aromatic ring is 1. The number of likely N-dealkylation sites (N-methyl/N-ethyl adjacent to an activating group) is 1. The summed E-state index contributed by atoms with van der Waals surface area (Å²) in [6.07, 6.45) is 0. The summed E-state index contributed by atoms with van der Waals surface area (Å²) in [5.74, 6) is -0.444. The van der Waals surface area contributed by atoms with Crippen LogP contribution in [0.3, 0.4) is 0 Å². The van der Waals surface area contributed by atoms with Gasteiger partial charge in [0.25, 0.3) is 5.91 Å². The van der Waals surface area contributed by atoms with Crippen LogP contribution in [0.5, 0.6) is 0 Å². The Morgan fingerprint density at radius 1 is 1.56 bits per heavy atom. The lowest BCUT2D eigenvalue weighted by molar-refractivity contribution is -0.118. The number of halogens is 1. The van der Waals surface area contributed by atoms with E-state index in [2.05, 4.69) is 10.3 Å². The van der Waals surface area contributed by atoms with Gasteiger partial charge in [-0.25, -0.2) is 0 Å². The molecule has 0 radical (unpaired) electrons. The zero-order valence-electron chi connectivity index (χ0n) is 9.61. The number of aliphatic imine (C=N–C) groups is 1. The van der Waals surface area contributed by atoms with Crippen LogP contribution in [0.2, 0.25) is 5.02 Å². The second kappa shape index (κ2) is 4.66. The summed E-state index contributed by atoms with van der Waals surface area (Å²) in [7, 11) is 1.67. The smallest absolute Gasteiger partial charge is 0.280 e. The van der Waals surface area contributed by atoms with Gasteiger partial charge in [0.05, 0.1) is 17.3 Å². The van der Waals surface area contributed by atoms with E-state index in [0.29, 0.717) is 16.3 Å². The minimum absolute atomic E-state index is 0.189. The van der Waals surface area contributed by atoms with Crippen LogP contribution in [0.4, 0.5) is 5.69 Å². The maximum atomic E-state index is 11.9. The molecule has 0 bridgehead atoms. The number of rotatable bonds is 1. The van der Waals surface area contributed by atoms with Crippen molar-refractivity contribution in [3.63, 3.8) is 0 Å². The molecule has 0 aromatic heterocycles. The second-order valence-electron chi connectivity index (χ2n) is 3.88. The fourth-order valence-electron chi connectivity index (χ4n) is 1.50. The van der Waals surface area contributed by atoms with E-state index in [1.807, 2.05) is 0 Å². The van der Waals surface area contributed by atoms with Gasteiger partial charge in [0, 0.05) is 12.6 Å². The third-order valence-electron chi connectivity index (χ3n) is 2.44. The van der Waals surface area contributed by atoms with Gasteiger partial charge >= 0.3 is 0 Å². The van der Waals surface area contributed by atoms with Gasteiger partial charge in [-0.3, -0.25) is 14.9 Å². The summed E-state index contributed by atoms with van der Waals surface area (Å²) in [6, 6.07) is 4.51. The fourth-order valence-corrected chi connectivity index (χ4v) is 1.62. The monoisotopic (exact) mass is 266 g/mol. The standard InChI is InChI=1S/C11H11ClN4O2/c1-16-5-9(17)14-11(16)15-10(18)6-2-3-7(12)8(13)4-6/h2-4H,5,13H2,1H3,(H,14,15,17,18). The molecule has 0 atom stereocenters. The lowest BCUT2D eigenvalue weighted by atomic mass is 10.2. The molecule has 2 rings (SSSR count). The first-order chi connectivity index (χ1) is 8.47. The van der Waals surface area contributed by atoms with Gasteiger partial charge in [-0.1, -0.05) is 11.6 Å². The van der Waals surface area contributed by atoms with Crippen LogP contribution < -0.4 is 11.1 Å². The molecule has 1 aliphatic rings. The molecule has 6 nitrogen and oxygen atoms in total. The number of hydrogen-bond donors (Lipinski definition) is 2. The third-order valence-corrected chi connectivity index (χ3v) is 2.79.